The third kappa shape index (κ3) is 4.66. The zero-order valence-corrected chi connectivity index (χ0v) is 15.5. The second-order valence-corrected chi connectivity index (χ2v) is 6.61. The van der Waals surface area contributed by atoms with Crippen LogP contribution in [0.15, 0.2) is 29.3 Å². The van der Waals surface area contributed by atoms with E-state index in [2.05, 4.69) is 20.9 Å². The molecule has 2 aliphatic rings. The molecule has 3 unspecified atom stereocenters. The minimum absolute atomic E-state index is 0.109. The van der Waals surface area contributed by atoms with Gasteiger partial charge >= 0.3 is 0 Å². The summed E-state index contributed by atoms with van der Waals surface area (Å²) in [4.78, 5) is 16.7. The fraction of sp³-hybridized carbons (Fsp3) is 0.579. The predicted octanol–water partition coefficient (Wildman–Crippen LogP) is 1.30. The van der Waals surface area contributed by atoms with Crippen molar-refractivity contribution in [3.63, 3.8) is 0 Å². The molecule has 2 heterocycles. The minimum atomic E-state index is -0.109. The van der Waals surface area contributed by atoms with E-state index in [0.717, 1.165) is 31.1 Å². The van der Waals surface area contributed by atoms with Crippen molar-refractivity contribution in [1.29, 1.82) is 0 Å². The number of amides is 1. The topological polar surface area (TPSA) is 84.0 Å². The van der Waals surface area contributed by atoms with Gasteiger partial charge in [0.2, 0.25) is 0 Å². The Bertz CT molecular complexity index is 632. The van der Waals surface area contributed by atoms with E-state index in [-0.39, 0.29) is 5.91 Å². The largest absolute Gasteiger partial charge is 0.497 e. The van der Waals surface area contributed by atoms with Gasteiger partial charge in [0.25, 0.3) is 5.91 Å². The molecule has 2 aliphatic heterocycles. The first kappa shape index (κ1) is 18.5. The van der Waals surface area contributed by atoms with Gasteiger partial charge in [0.05, 0.1) is 31.9 Å². The molecule has 2 bridgehead atoms. The van der Waals surface area contributed by atoms with E-state index in [1.807, 2.05) is 6.92 Å². The van der Waals surface area contributed by atoms with Crippen molar-refractivity contribution < 1.29 is 14.3 Å². The number of carbonyl (C=O) groups is 1. The molecular formula is C19H28N4O3. The van der Waals surface area contributed by atoms with Gasteiger partial charge in [-0.25, -0.2) is 0 Å². The summed E-state index contributed by atoms with van der Waals surface area (Å²) >= 11 is 0. The molecule has 3 N–H and O–H groups in total. The number of hydrogen-bond acceptors (Lipinski definition) is 4. The van der Waals surface area contributed by atoms with E-state index in [9.17, 15) is 4.79 Å². The number of aliphatic imine (C=N–C) groups is 1. The van der Waals surface area contributed by atoms with Crippen LogP contribution in [0.5, 0.6) is 5.75 Å². The summed E-state index contributed by atoms with van der Waals surface area (Å²) in [7, 11) is 1.60. The molecular weight excluding hydrogens is 332 g/mol. The fourth-order valence-electron chi connectivity index (χ4n) is 3.47. The number of guanidine groups is 1. The molecule has 0 saturated carbocycles. The quantitative estimate of drug-likeness (QED) is 0.388. The van der Waals surface area contributed by atoms with E-state index in [1.165, 1.54) is 6.42 Å². The zero-order chi connectivity index (χ0) is 18.4. The Kier molecular flexibility index (Phi) is 6.33. The number of nitrogens with one attached hydrogen (secondary N) is 3. The molecule has 7 heteroatoms. The lowest BCUT2D eigenvalue weighted by atomic mass is 9.96. The number of carbonyl (C=O) groups excluding carboxylic acids is 1. The van der Waals surface area contributed by atoms with Gasteiger partial charge in [-0.3, -0.25) is 9.79 Å². The molecule has 1 aromatic rings. The standard InChI is InChI=1S/C19H28N4O3/c1-3-20-19(23-16-12-15-8-9-17(16)26-15)22-11-10-21-18(24)13-4-6-14(25-2)7-5-13/h4-7,15-17H,3,8-12H2,1-2H3,(H,21,24)(H2,20,22,23). The first-order valence-corrected chi connectivity index (χ1v) is 9.32. The van der Waals surface area contributed by atoms with Crippen molar-refractivity contribution in [2.75, 3.05) is 26.7 Å². The SMILES string of the molecule is CCNC(=NCCNC(=O)c1ccc(OC)cc1)NC1CC2CCC1O2. The Hall–Kier alpha value is -2.28. The van der Waals surface area contributed by atoms with E-state index in [0.29, 0.717) is 36.9 Å². The molecule has 3 atom stereocenters. The summed E-state index contributed by atoms with van der Waals surface area (Å²) in [5.41, 5.74) is 0.610. The first-order valence-electron chi connectivity index (χ1n) is 9.32. The van der Waals surface area contributed by atoms with Crippen molar-refractivity contribution in [2.24, 2.45) is 4.99 Å². The summed E-state index contributed by atoms with van der Waals surface area (Å²) in [6.45, 7) is 3.83. The van der Waals surface area contributed by atoms with E-state index < -0.39 is 0 Å². The van der Waals surface area contributed by atoms with Crippen molar-refractivity contribution in [1.82, 2.24) is 16.0 Å². The van der Waals surface area contributed by atoms with Gasteiger partial charge < -0.3 is 25.4 Å². The van der Waals surface area contributed by atoms with Crippen LogP contribution >= 0.6 is 0 Å². The minimum Gasteiger partial charge on any atom is -0.497 e. The van der Waals surface area contributed by atoms with E-state index in [1.54, 1.807) is 31.4 Å². The summed E-state index contributed by atoms with van der Waals surface area (Å²) in [5.74, 6) is 1.41. The summed E-state index contributed by atoms with van der Waals surface area (Å²) in [5, 5.41) is 9.61. The van der Waals surface area contributed by atoms with Crippen LogP contribution in [-0.2, 0) is 4.74 Å². The summed E-state index contributed by atoms with van der Waals surface area (Å²) in [6.07, 6.45) is 4.06. The lowest BCUT2D eigenvalue weighted by Gasteiger charge is -2.22. The Morgan fingerprint density at radius 3 is 2.69 bits per heavy atom. The monoisotopic (exact) mass is 360 g/mol. The van der Waals surface area contributed by atoms with Gasteiger partial charge in [0, 0.05) is 18.7 Å². The number of fused-ring (bicyclic) bond motifs is 2. The van der Waals surface area contributed by atoms with Crippen molar-refractivity contribution in [2.45, 2.75) is 44.4 Å². The maximum absolute atomic E-state index is 12.1. The van der Waals surface area contributed by atoms with Gasteiger partial charge in [0.15, 0.2) is 5.96 Å². The van der Waals surface area contributed by atoms with Crippen LogP contribution in [-0.4, -0.2) is 56.9 Å². The number of rotatable bonds is 7. The molecule has 0 aromatic heterocycles. The molecule has 142 valence electrons. The molecule has 1 amide bonds. The van der Waals surface area contributed by atoms with Crippen LogP contribution in [0, 0.1) is 0 Å². The van der Waals surface area contributed by atoms with Gasteiger partial charge in [-0.05, 0) is 50.5 Å². The molecule has 1 aromatic carbocycles. The highest BCUT2D eigenvalue weighted by Gasteiger charge is 2.41. The second kappa shape index (κ2) is 8.89. The average molecular weight is 360 g/mol. The smallest absolute Gasteiger partial charge is 0.251 e. The van der Waals surface area contributed by atoms with Crippen LogP contribution in [0.3, 0.4) is 0 Å². The molecule has 0 radical (unpaired) electrons. The lowest BCUT2D eigenvalue weighted by Crippen LogP contribution is -2.47. The zero-order valence-electron chi connectivity index (χ0n) is 15.5. The van der Waals surface area contributed by atoms with Crippen molar-refractivity contribution in [3.8, 4) is 5.75 Å². The van der Waals surface area contributed by atoms with Crippen molar-refractivity contribution in [3.05, 3.63) is 29.8 Å². The second-order valence-electron chi connectivity index (χ2n) is 6.61. The van der Waals surface area contributed by atoms with E-state index in [4.69, 9.17) is 9.47 Å². The molecule has 0 aliphatic carbocycles. The number of ether oxygens (including phenoxy) is 2. The normalized spacial score (nSPS) is 24.4. The maximum atomic E-state index is 12.1. The van der Waals surface area contributed by atoms with Crippen LogP contribution in [0.25, 0.3) is 0 Å². The lowest BCUT2D eigenvalue weighted by molar-refractivity contribution is 0.0954. The first-order chi connectivity index (χ1) is 12.7. The van der Waals surface area contributed by atoms with Crippen molar-refractivity contribution >= 4 is 11.9 Å². The Labute approximate surface area is 154 Å². The molecule has 26 heavy (non-hydrogen) atoms. The van der Waals surface area contributed by atoms with Gasteiger partial charge in [-0.1, -0.05) is 0 Å². The number of benzene rings is 1. The molecule has 2 fully saturated rings. The van der Waals surface area contributed by atoms with Crippen LogP contribution in [0.1, 0.15) is 36.5 Å². The predicted molar refractivity (Wildman–Crippen MR) is 101 cm³/mol. The van der Waals surface area contributed by atoms with Gasteiger partial charge in [0.1, 0.15) is 5.75 Å². The highest BCUT2D eigenvalue weighted by atomic mass is 16.5. The van der Waals surface area contributed by atoms with E-state index >= 15 is 0 Å². The summed E-state index contributed by atoms with van der Waals surface area (Å²) < 4.78 is 11.0. The number of methoxy groups -OCH3 is 1. The highest BCUT2D eigenvalue weighted by Crippen LogP contribution is 2.34. The fourth-order valence-corrected chi connectivity index (χ4v) is 3.47. The van der Waals surface area contributed by atoms with Gasteiger partial charge in [-0.2, -0.15) is 0 Å². The number of hydrogen-bond donors (Lipinski definition) is 3. The van der Waals surface area contributed by atoms with Crippen LogP contribution in [0.2, 0.25) is 0 Å². The molecule has 7 nitrogen and oxygen atoms in total. The Morgan fingerprint density at radius 2 is 2.08 bits per heavy atom. The Morgan fingerprint density at radius 1 is 1.27 bits per heavy atom. The summed E-state index contributed by atoms with van der Waals surface area (Å²) in [6, 6.07) is 7.38. The maximum Gasteiger partial charge on any atom is 0.251 e. The van der Waals surface area contributed by atoms with Crippen LogP contribution < -0.4 is 20.7 Å². The van der Waals surface area contributed by atoms with Crippen LogP contribution in [0.4, 0.5) is 0 Å². The Balaban J connectivity index is 1.44. The molecule has 2 saturated heterocycles. The number of nitrogens with zero attached hydrogens (tertiary/aromatic N) is 1. The third-order valence-electron chi connectivity index (χ3n) is 4.79. The highest BCUT2D eigenvalue weighted by molar-refractivity contribution is 5.94. The molecule has 3 rings (SSSR count). The van der Waals surface area contributed by atoms with Gasteiger partial charge in [-0.15, -0.1) is 0 Å². The molecule has 0 spiro atoms. The average Bonchev–Trinajstić information content (AvgIpc) is 3.28. The third-order valence-corrected chi connectivity index (χ3v) is 4.79.